The van der Waals surface area contributed by atoms with Crippen molar-refractivity contribution in [3.05, 3.63) is 48.4 Å². The zero-order valence-corrected chi connectivity index (χ0v) is 13.4. The van der Waals surface area contributed by atoms with Crippen molar-refractivity contribution in [2.45, 2.75) is 23.9 Å². The molecule has 1 amide bonds. The van der Waals surface area contributed by atoms with Gasteiger partial charge in [-0.3, -0.25) is 9.78 Å². The summed E-state index contributed by atoms with van der Waals surface area (Å²) in [7, 11) is 0. The Kier molecular flexibility index (Phi) is 3.82. The minimum atomic E-state index is -0.0512. The molecule has 7 heteroatoms. The molecule has 2 saturated heterocycles. The van der Waals surface area contributed by atoms with Crippen LogP contribution in [0, 0.1) is 0 Å². The lowest BCUT2D eigenvalue weighted by Crippen LogP contribution is -2.60. The summed E-state index contributed by atoms with van der Waals surface area (Å²) in [6.07, 6.45) is 7.51. The van der Waals surface area contributed by atoms with Gasteiger partial charge in [-0.05, 0) is 18.1 Å². The van der Waals surface area contributed by atoms with Crippen LogP contribution >= 0.6 is 11.8 Å². The van der Waals surface area contributed by atoms with E-state index in [4.69, 9.17) is 9.15 Å². The van der Waals surface area contributed by atoms with Crippen LogP contribution in [0.4, 0.5) is 0 Å². The molecule has 4 heterocycles. The second-order valence-corrected chi connectivity index (χ2v) is 7.52. The number of thioether (sulfide) groups is 1. The normalized spacial score (nSPS) is 22.3. The van der Waals surface area contributed by atoms with Gasteiger partial charge in [-0.15, -0.1) is 11.8 Å². The SMILES string of the molecule is O=C(c1cocn1)N1CC2(C[C@@H](OCc3cccnc3)CS2)C1. The molecule has 2 aromatic heterocycles. The van der Waals surface area contributed by atoms with E-state index in [1.165, 1.54) is 12.7 Å². The summed E-state index contributed by atoms with van der Waals surface area (Å²) in [5, 5.41) is 0. The lowest BCUT2D eigenvalue weighted by molar-refractivity contribution is 0.0252. The summed E-state index contributed by atoms with van der Waals surface area (Å²) in [5.41, 5.74) is 1.47. The number of hydrogen-bond acceptors (Lipinski definition) is 6. The van der Waals surface area contributed by atoms with Crippen LogP contribution in [0.1, 0.15) is 22.5 Å². The maximum atomic E-state index is 12.2. The van der Waals surface area contributed by atoms with Gasteiger partial charge in [0.25, 0.3) is 5.91 Å². The Balaban J connectivity index is 1.27. The molecular weight excluding hydrogens is 314 g/mol. The molecule has 0 bridgehead atoms. The molecule has 1 atom stereocenters. The maximum absolute atomic E-state index is 12.2. The zero-order valence-electron chi connectivity index (χ0n) is 12.6. The van der Waals surface area contributed by atoms with Crippen molar-refractivity contribution >= 4 is 17.7 Å². The Morgan fingerprint density at radius 3 is 3.17 bits per heavy atom. The predicted molar refractivity (Wildman–Crippen MR) is 85.0 cm³/mol. The van der Waals surface area contributed by atoms with E-state index in [0.717, 1.165) is 30.8 Å². The number of carbonyl (C=O) groups excluding carboxylic acids is 1. The van der Waals surface area contributed by atoms with E-state index in [2.05, 4.69) is 9.97 Å². The van der Waals surface area contributed by atoms with Crippen molar-refractivity contribution in [3.8, 4) is 0 Å². The molecular formula is C16H17N3O3S. The number of hydrogen-bond donors (Lipinski definition) is 0. The molecule has 0 saturated carbocycles. The van der Waals surface area contributed by atoms with E-state index in [1.807, 2.05) is 35.0 Å². The van der Waals surface area contributed by atoms with Gasteiger partial charge in [-0.2, -0.15) is 0 Å². The molecule has 120 valence electrons. The van der Waals surface area contributed by atoms with Gasteiger partial charge in [0.1, 0.15) is 6.26 Å². The van der Waals surface area contributed by atoms with Crippen molar-refractivity contribution in [2.24, 2.45) is 0 Å². The second kappa shape index (κ2) is 5.98. The van der Waals surface area contributed by atoms with E-state index >= 15 is 0 Å². The van der Waals surface area contributed by atoms with E-state index in [1.54, 1.807) is 6.20 Å². The third-order valence-corrected chi connectivity index (χ3v) is 5.86. The molecule has 2 fully saturated rings. The minimum Gasteiger partial charge on any atom is -0.451 e. The molecule has 0 unspecified atom stereocenters. The zero-order chi connectivity index (χ0) is 15.7. The summed E-state index contributed by atoms with van der Waals surface area (Å²) in [6, 6.07) is 3.94. The quantitative estimate of drug-likeness (QED) is 0.853. The van der Waals surface area contributed by atoms with Gasteiger partial charge in [-0.1, -0.05) is 6.07 Å². The monoisotopic (exact) mass is 331 g/mol. The van der Waals surface area contributed by atoms with Crippen LogP contribution in [0.25, 0.3) is 0 Å². The average Bonchev–Trinajstić information content (AvgIpc) is 3.22. The Bertz CT molecular complexity index is 671. The Morgan fingerprint density at radius 1 is 1.52 bits per heavy atom. The topological polar surface area (TPSA) is 68.5 Å². The lowest BCUT2D eigenvalue weighted by atomic mass is 9.92. The van der Waals surface area contributed by atoms with Crippen LogP contribution in [0.15, 0.2) is 41.6 Å². The van der Waals surface area contributed by atoms with Gasteiger partial charge in [0.15, 0.2) is 12.1 Å². The summed E-state index contributed by atoms with van der Waals surface area (Å²) in [5.74, 6) is 0.927. The lowest BCUT2D eigenvalue weighted by Gasteiger charge is -2.47. The number of oxazole rings is 1. The van der Waals surface area contributed by atoms with Gasteiger partial charge in [0, 0.05) is 31.2 Å². The fraction of sp³-hybridized carbons (Fsp3) is 0.438. The molecule has 2 aliphatic heterocycles. The van der Waals surface area contributed by atoms with Gasteiger partial charge in [0.2, 0.25) is 0 Å². The first-order valence-electron chi connectivity index (χ1n) is 7.56. The van der Waals surface area contributed by atoms with Gasteiger partial charge < -0.3 is 14.1 Å². The fourth-order valence-corrected chi connectivity index (χ4v) is 4.65. The van der Waals surface area contributed by atoms with Crippen LogP contribution in [0.3, 0.4) is 0 Å². The summed E-state index contributed by atoms with van der Waals surface area (Å²) in [4.78, 5) is 22.0. The molecule has 0 aliphatic carbocycles. The van der Waals surface area contributed by atoms with Crippen LogP contribution in [-0.2, 0) is 11.3 Å². The highest BCUT2D eigenvalue weighted by Crippen LogP contribution is 2.46. The Morgan fingerprint density at radius 2 is 2.43 bits per heavy atom. The van der Waals surface area contributed by atoms with Crippen LogP contribution in [-0.4, -0.2) is 50.5 Å². The Labute approximate surface area is 138 Å². The van der Waals surface area contributed by atoms with Gasteiger partial charge in [-0.25, -0.2) is 4.98 Å². The average molecular weight is 331 g/mol. The predicted octanol–water partition coefficient (Wildman–Crippen LogP) is 1.99. The molecule has 6 nitrogen and oxygen atoms in total. The number of amides is 1. The molecule has 4 rings (SSSR count). The number of carbonyl (C=O) groups is 1. The molecule has 0 N–H and O–H groups in total. The smallest absolute Gasteiger partial charge is 0.275 e. The van der Waals surface area contributed by atoms with E-state index < -0.39 is 0 Å². The van der Waals surface area contributed by atoms with Gasteiger partial charge >= 0.3 is 0 Å². The molecule has 23 heavy (non-hydrogen) atoms. The van der Waals surface area contributed by atoms with E-state index in [9.17, 15) is 4.79 Å². The first kappa shape index (κ1) is 14.7. The van der Waals surface area contributed by atoms with Crippen molar-refractivity contribution in [3.63, 3.8) is 0 Å². The summed E-state index contributed by atoms with van der Waals surface area (Å²) < 4.78 is 11.0. The third-order valence-electron chi connectivity index (χ3n) is 4.28. The van der Waals surface area contributed by atoms with E-state index in [-0.39, 0.29) is 16.8 Å². The molecule has 0 radical (unpaired) electrons. The number of ether oxygens (including phenoxy) is 1. The Hall–Kier alpha value is -1.86. The fourth-order valence-electron chi connectivity index (χ4n) is 3.10. The first-order chi connectivity index (χ1) is 11.2. The van der Waals surface area contributed by atoms with Crippen LogP contribution in [0.2, 0.25) is 0 Å². The van der Waals surface area contributed by atoms with Crippen molar-refractivity contribution in [1.82, 2.24) is 14.9 Å². The number of aromatic nitrogens is 2. The highest BCUT2D eigenvalue weighted by Gasteiger charge is 2.51. The van der Waals surface area contributed by atoms with Crippen molar-refractivity contribution in [1.29, 1.82) is 0 Å². The van der Waals surface area contributed by atoms with Crippen LogP contribution in [0.5, 0.6) is 0 Å². The molecule has 1 spiro atoms. The highest BCUT2D eigenvalue weighted by molar-refractivity contribution is 8.01. The van der Waals surface area contributed by atoms with Crippen molar-refractivity contribution in [2.75, 3.05) is 18.8 Å². The largest absolute Gasteiger partial charge is 0.451 e. The molecule has 2 aliphatic rings. The number of likely N-dealkylation sites (tertiary alicyclic amines) is 1. The highest BCUT2D eigenvalue weighted by atomic mass is 32.2. The van der Waals surface area contributed by atoms with Gasteiger partial charge in [0.05, 0.1) is 17.5 Å². The van der Waals surface area contributed by atoms with Crippen molar-refractivity contribution < 1.29 is 13.9 Å². The summed E-state index contributed by atoms with van der Waals surface area (Å²) in [6.45, 7) is 2.11. The molecule has 0 aromatic carbocycles. The first-order valence-corrected chi connectivity index (χ1v) is 8.55. The summed E-state index contributed by atoms with van der Waals surface area (Å²) >= 11 is 1.91. The number of pyridine rings is 1. The molecule has 2 aromatic rings. The third kappa shape index (κ3) is 2.98. The number of nitrogens with zero attached hydrogens (tertiary/aromatic N) is 3. The van der Waals surface area contributed by atoms with E-state index in [0.29, 0.717) is 12.3 Å². The maximum Gasteiger partial charge on any atom is 0.275 e. The number of rotatable bonds is 4. The standard InChI is InChI=1S/C16H17N3O3S/c20-15(14-7-21-11-18-14)19-9-16(10-19)4-13(8-23-16)22-6-12-2-1-3-17-5-12/h1-3,5,7,11,13H,4,6,8-10H2/t13-/m1/s1. The minimum absolute atomic E-state index is 0.0512. The van der Waals surface area contributed by atoms with Crippen LogP contribution < -0.4 is 0 Å². The second-order valence-electron chi connectivity index (χ2n) is 6.03.